The van der Waals surface area contributed by atoms with Gasteiger partial charge < -0.3 is 5.32 Å². The Kier molecular flexibility index (Phi) is 6.11. The molecule has 0 unspecified atom stereocenters. The number of hydrogen-bond donors (Lipinski definition) is 1. The van der Waals surface area contributed by atoms with Gasteiger partial charge in [-0.1, -0.05) is 38.5 Å². The van der Waals surface area contributed by atoms with Gasteiger partial charge in [-0.2, -0.15) is 0 Å². The van der Waals surface area contributed by atoms with Crippen LogP contribution in [-0.4, -0.2) is 16.1 Å². The molecular weight excluding hydrogens is 234 g/mol. The molecule has 5 heteroatoms. The average molecular weight is 255 g/mol. The highest BCUT2D eigenvalue weighted by molar-refractivity contribution is 7.15. The second kappa shape index (κ2) is 7.37. The molecule has 96 valence electrons. The summed E-state index contributed by atoms with van der Waals surface area (Å²) in [7, 11) is 0. The van der Waals surface area contributed by atoms with Gasteiger partial charge in [0.2, 0.25) is 11.0 Å². The molecule has 0 aliphatic carbocycles. The molecule has 0 saturated heterocycles. The fourth-order valence-corrected chi connectivity index (χ4v) is 2.63. The second-order valence-corrected chi connectivity index (χ2v) is 5.12. The lowest BCUT2D eigenvalue weighted by molar-refractivity contribution is -0.116. The van der Waals surface area contributed by atoms with Crippen molar-refractivity contribution in [2.24, 2.45) is 0 Å². The van der Waals surface area contributed by atoms with Crippen LogP contribution in [0.3, 0.4) is 0 Å². The number of hydrogen-bond acceptors (Lipinski definition) is 4. The largest absolute Gasteiger partial charge is 0.301 e. The first-order valence-electron chi connectivity index (χ1n) is 6.34. The summed E-state index contributed by atoms with van der Waals surface area (Å²) in [5, 5.41) is 12.6. The summed E-state index contributed by atoms with van der Waals surface area (Å²) >= 11 is 1.50. The van der Waals surface area contributed by atoms with Crippen LogP contribution in [0.5, 0.6) is 0 Å². The third-order valence-corrected chi connectivity index (χ3v) is 3.78. The van der Waals surface area contributed by atoms with Gasteiger partial charge in [0, 0.05) is 12.3 Å². The van der Waals surface area contributed by atoms with Crippen LogP contribution < -0.4 is 5.32 Å². The first-order valence-corrected chi connectivity index (χ1v) is 7.16. The molecular formula is C12H21N3OS. The normalized spacial score (nSPS) is 10.8. The highest BCUT2D eigenvalue weighted by Crippen LogP contribution is 2.28. The van der Waals surface area contributed by atoms with Crippen LogP contribution in [0.15, 0.2) is 0 Å². The summed E-state index contributed by atoms with van der Waals surface area (Å²) in [5.74, 6) is 0.507. The Balaban J connectivity index is 2.53. The van der Waals surface area contributed by atoms with Gasteiger partial charge in [0.1, 0.15) is 5.01 Å². The highest BCUT2D eigenvalue weighted by Gasteiger charge is 2.14. The fraction of sp³-hybridized carbons (Fsp3) is 0.750. The summed E-state index contributed by atoms with van der Waals surface area (Å²) in [5.41, 5.74) is 0. The van der Waals surface area contributed by atoms with Crippen LogP contribution in [-0.2, 0) is 4.79 Å². The number of nitrogens with one attached hydrogen (secondary N) is 1. The Labute approximate surface area is 107 Å². The van der Waals surface area contributed by atoms with E-state index >= 15 is 0 Å². The topological polar surface area (TPSA) is 54.9 Å². The molecule has 1 N–H and O–H groups in total. The van der Waals surface area contributed by atoms with Crippen molar-refractivity contribution in [3.05, 3.63) is 5.01 Å². The van der Waals surface area contributed by atoms with Gasteiger partial charge in [0.05, 0.1) is 0 Å². The molecule has 0 spiro atoms. The van der Waals surface area contributed by atoms with Crippen LogP contribution >= 0.6 is 11.3 Å². The minimum atomic E-state index is 0.0408. The van der Waals surface area contributed by atoms with E-state index in [0.29, 0.717) is 17.5 Å². The van der Waals surface area contributed by atoms with Gasteiger partial charge in [-0.05, 0) is 19.3 Å². The average Bonchev–Trinajstić information content (AvgIpc) is 2.76. The molecule has 0 atom stereocenters. The Morgan fingerprint density at radius 1 is 1.29 bits per heavy atom. The number of amides is 1. The van der Waals surface area contributed by atoms with Gasteiger partial charge >= 0.3 is 0 Å². The van der Waals surface area contributed by atoms with Gasteiger partial charge in [0.25, 0.3) is 0 Å². The Morgan fingerprint density at radius 3 is 2.59 bits per heavy atom. The summed E-state index contributed by atoms with van der Waals surface area (Å²) in [6.07, 6.45) is 4.65. The van der Waals surface area contributed by atoms with E-state index in [4.69, 9.17) is 0 Å². The molecule has 1 amide bonds. The van der Waals surface area contributed by atoms with Crippen molar-refractivity contribution in [1.29, 1.82) is 0 Å². The Hall–Kier alpha value is -0.970. The zero-order valence-corrected chi connectivity index (χ0v) is 11.6. The SMILES string of the molecule is CCCCC(=O)Nc1nnc(C(CC)CC)s1. The van der Waals surface area contributed by atoms with Crippen LogP contribution in [0.1, 0.15) is 63.8 Å². The second-order valence-electron chi connectivity index (χ2n) is 4.11. The predicted molar refractivity (Wildman–Crippen MR) is 71.4 cm³/mol. The number of carbonyl (C=O) groups is 1. The molecule has 0 radical (unpaired) electrons. The van der Waals surface area contributed by atoms with E-state index in [1.807, 2.05) is 0 Å². The number of anilines is 1. The Bertz CT molecular complexity index is 347. The fourth-order valence-electron chi connectivity index (χ4n) is 1.61. The van der Waals surface area contributed by atoms with E-state index in [9.17, 15) is 4.79 Å². The zero-order chi connectivity index (χ0) is 12.7. The molecule has 0 aliphatic rings. The van der Waals surface area contributed by atoms with Crippen molar-refractivity contribution in [2.45, 2.75) is 58.8 Å². The molecule has 1 aromatic rings. The lowest BCUT2D eigenvalue weighted by Crippen LogP contribution is -2.10. The molecule has 1 aromatic heterocycles. The Morgan fingerprint density at radius 2 is 2.00 bits per heavy atom. The first kappa shape index (κ1) is 14.1. The van der Waals surface area contributed by atoms with Gasteiger partial charge in [-0.15, -0.1) is 10.2 Å². The van der Waals surface area contributed by atoms with Crippen LogP contribution in [0.25, 0.3) is 0 Å². The number of unbranched alkanes of at least 4 members (excludes halogenated alkanes) is 1. The van der Waals surface area contributed by atoms with Crippen molar-refractivity contribution in [3.63, 3.8) is 0 Å². The maximum absolute atomic E-state index is 11.5. The maximum Gasteiger partial charge on any atom is 0.226 e. The minimum absolute atomic E-state index is 0.0408. The number of carbonyl (C=O) groups excluding carboxylic acids is 1. The molecule has 0 saturated carbocycles. The van der Waals surface area contributed by atoms with E-state index in [1.165, 1.54) is 11.3 Å². The van der Waals surface area contributed by atoms with Crippen molar-refractivity contribution in [2.75, 3.05) is 5.32 Å². The smallest absolute Gasteiger partial charge is 0.226 e. The molecule has 0 fully saturated rings. The highest BCUT2D eigenvalue weighted by atomic mass is 32.1. The lowest BCUT2D eigenvalue weighted by Gasteiger charge is -2.05. The van der Waals surface area contributed by atoms with E-state index < -0.39 is 0 Å². The minimum Gasteiger partial charge on any atom is -0.301 e. The summed E-state index contributed by atoms with van der Waals surface area (Å²) < 4.78 is 0. The summed E-state index contributed by atoms with van der Waals surface area (Å²) in [6.45, 7) is 6.37. The number of rotatable bonds is 7. The predicted octanol–water partition coefficient (Wildman–Crippen LogP) is 3.57. The molecule has 17 heavy (non-hydrogen) atoms. The summed E-state index contributed by atoms with van der Waals surface area (Å²) in [6, 6.07) is 0. The monoisotopic (exact) mass is 255 g/mol. The third-order valence-electron chi connectivity index (χ3n) is 2.78. The van der Waals surface area contributed by atoms with Crippen molar-refractivity contribution in [1.82, 2.24) is 10.2 Å². The molecule has 0 aromatic carbocycles. The van der Waals surface area contributed by atoms with Crippen molar-refractivity contribution in [3.8, 4) is 0 Å². The van der Waals surface area contributed by atoms with Crippen molar-refractivity contribution >= 4 is 22.4 Å². The molecule has 0 bridgehead atoms. The van der Waals surface area contributed by atoms with Gasteiger partial charge in [0.15, 0.2) is 0 Å². The number of aromatic nitrogens is 2. The summed E-state index contributed by atoms with van der Waals surface area (Å²) in [4.78, 5) is 11.5. The van der Waals surface area contributed by atoms with E-state index in [1.54, 1.807) is 0 Å². The van der Waals surface area contributed by atoms with Gasteiger partial charge in [-0.25, -0.2) is 0 Å². The van der Waals surface area contributed by atoms with E-state index in [-0.39, 0.29) is 5.91 Å². The van der Waals surface area contributed by atoms with Crippen LogP contribution in [0.4, 0.5) is 5.13 Å². The quantitative estimate of drug-likeness (QED) is 0.810. The van der Waals surface area contributed by atoms with Gasteiger partial charge in [-0.3, -0.25) is 4.79 Å². The van der Waals surface area contributed by atoms with E-state index in [2.05, 4.69) is 36.3 Å². The van der Waals surface area contributed by atoms with Crippen LogP contribution in [0, 0.1) is 0 Å². The van der Waals surface area contributed by atoms with Crippen molar-refractivity contribution < 1.29 is 4.79 Å². The van der Waals surface area contributed by atoms with Crippen LogP contribution in [0.2, 0.25) is 0 Å². The lowest BCUT2D eigenvalue weighted by atomic mass is 10.1. The zero-order valence-electron chi connectivity index (χ0n) is 10.8. The number of nitrogens with zero attached hydrogens (tertiary/aromatic N) is 2. The maximum atomic E-state index is 11.5. The molecule has 1 rings (SSSR count). The van der Waals surface area contributed by atoms with E-state index in [0.717, 1.165) is 30.7 Å². The molecule has 1 heterocycles. The third kappa shape index (κ3) is 4.42. The first-order chi connectivity index (χ1) is 8.21. The standard InChI is InChI=1S/C12H21N3OS/c1-4-7-8-10(16)13-12-15-14-11(17-12)9(5-2)6-3/h9H,4-8H2,1-3H3,(H,13,15,16). The molecule has 0 aliphatic heterocycles. The molecule has 4 nitrogen and oxygen atoms in total.